The second-order valence-corrected chi connectivity index (χ2v) is 5.34. The van der Waals surface area contributed by atoms with Crippen LogP contribution < -0.4 is 16.4 Å². The SMILES string of the molecule is CCN(Cc1ccccn1)c1sc(C(N)=O)c(N)c1C#N. The van der Waals surface area contributed by atoms with E-state index in [2.05, 4.69) is 11.1 Å². The lowest BCUT2D eigenvalue weighted by Crippen LogP contribution is -2.22. The van der Waals surface area contributed by atoms with Crippen molar-refractivity contribution in [2.75, 3.05) is 17.2 Å². The maximum absolute atomic E-state index is 11.4. The molecule has 21 heavy (non-hydrogen) atoms. The van der Waals surface area contributed by atoms with Gasteiger partial charge < -0.3 is 16.4 Å². The van der Waals surface area contributed by atoms with Crippen LogP contribution in [0, 0.1) is 11.3 Å². The van der Waals surface area contributed by atoms with E-state index in [4.69, 9.17) is 11.5 Å². The second kappa shape index (κ2) is 6.24. The Hall–Kier alpha value is -2.59. The van der Waals surface area contributed by atoms with Crippen molar-refractivity contribution in [3.8, 4) is 6.07 Å². The molecule has 2 heterocycles. The van der Waals surface area contributed by atoms with Gasteiger partial charge in [0.25, 0.3) is 5.91 Å². The lowest BCUT2D eigenvalue weighted by Gasteiger charge is -2.21. The summed E-state index contributed by atoms with van der Waals surface area (Å²) in [5, 5.41) is 9.94. The molecule has 0 bridgehead atoms. The number of hydrogen-bond donors (Lipinski definition) is 2. The van der Waals surface area contributed by atoms with E-state index in [1.54, 1.807) is 6.20 Å². The normalized spacial score (nSPS) is 10.1. The number of nitrogens with zero attached hydrogens (tertiary/aromatic N) is 3. The second-order valence-electron chi connectivity index (χ2n) is 4.34. The molecule has 0 atom stereocenters. The molecule has 0 aliphatic heterocycles. The average Bonchev–Trinajstić information content (AvgIpc) is 2.82. The molecule has 0 fully saturated rings. The van der Waals surface area contributed by atoms with E-state index in [0.717, 1.165) is 17.0 Å². The summed E-state index contributed by atoms with van der Waals surface area (Å²) < 4.78 is 0. The smallest absolute Gasteiger partial charge is 0.261 e. The van der Waals surface area contributed by atoms with Crippen molar-refractivity contribution < 1.29 is 4.79 Å². The molecule has 0 aromatic carbocycles. The quantitative estimate of drug-likeness (QED) is 0.874. The number of aromatic nitrogens is 1. The fraction of sp³-hybridized carbons (Fsp3) is 0.214. The summed E-state index contributed by atoms with van der Waals surface area (Å²) >= 11 is 1.15. The number of carbonyl (C=O) groups excluding carboxylic acids is 1. The molecule has 0 aliphatic rings. The van der Waals surface area contributed by atoms with E-state index in [9.17, 15) is 10.1 Å². The Bertz CT molecular complexity index is 689. The standard InChI is InChI=1S/C14H15N5OS/c1-2-19(8-9-5-3-4-6-18-9)14-10(7-15)11(16)12(21-14)13(17)20/h3-6H,2,8,16H2,1H3,(H2,17,20). The minimum atomic E-state index is -0.617. The Balaban J connectivity index is 2.41. The van der Waals surface area contributed by atoms with Crippen LogP contribution in [-0.2, 0) is 6.54 Å². The number of thiophene rings is 1. The first kappa shape index (κ1) is 14.8. The van der Waals surface area contributed by atoms with Gasteiger partial charge >= 0.3 is 0 Å². The van der Waals surface area contributed by atoms with Gasteiger partial charge in [0.1, 0.15) is 21.5 Å². The zero-order valence-electron chi connectivity index (χ0n) is 11.5. The number of pyridine rings is 1. The van der Waals surface area contributed by atoms with Crippen LogP contribution in [0.4, 0.5) is 10.7 Å². The van der Waals surface area contributed by atoms with Gasteiger partial charge in [0.05, 0.1) is 17.9 Å². The van der Waals surface area contributed by atoms with Crippen LogP contribution in [0.5, 0.6) is 0 Å². The third-order valence-corrected chi connectivity index (χ3v) is 4.29. The number of amides is 1. The van der Waals surface area contributed by atoms with Crippen LogP contribution in [0.2, 0.25) is 0 Å². The van der Waals surface area contributed by atoms with Crippen LogP contribution in [-0.4, -0.2) is 17.4 Å². The molecule has 2 aromatic rings. The molecule has 7 heteroatoms. The highest BCUT2D eigenvalue weighted by Crippen LogP contribution is 2.38. The van der Waals surface area contributed by atoms with Crippen LogP contribution in [0.3, 0.4) is 0 Å². The van der Waals surface area contributed by atoms with Crippen molar-refractivity contribution in [1.29, 1.82) is 5.26 Å². The molecule has 0 radical (unpaired) electrons. The topological polar surface area (TPSA) is 109 Å². The zero-order valence-corrected chi connectivity index (χ0v) is 12.4. The Morgan fingerprint density at radius 2 is 2.29 bits per heavy atom. The van der Waals surface area contributed by atoms with Crippen molar-refractivity contribution in [2.24, 2.45) is 5.73 Å². The largest absolute Gasteiger partial charge is 0.396 e. The van der Waals surface area contributed by atoms with Gasteiger partial charge in [-0.15, -0.1) is 11.3 Å². The van der Waals surface area contributed by atoms with Gasteiger partial charge in [0, 0.05) is 12.7 Å². The van der Waals surface area contributed by atoms with Gasteiger partial charge in [-0.1, -0.05) is 6.07 Å². The monoisotopic (exact) mass is 301 g/mol. The highest BCUT2D eigenvalue weighted by atomic mass is 32.1. The number of hydrogen-bond acceptors (Lipinski definition) is 6. The molecular formula is C14H15N5OS. The summed E-state index contributed by atoms with van der Waals surface area (Å²) in [6.07, 6.45) is 1.71. The molecule has 0 aliphatic carbocycles. The van der Waals surface area contributed by atoms with E-state index in [1.807, 2.05) is 30.0 Å². The van der Waals surface area contributed by atoms with Crippen LogP contribution in [0.15, 0.2) is 24.4 Å². The molecule has 2 aromatic heterocycles. The molecule has 1 amide bonds. The highest BCUT2D eigenvalue weighted by molar-refractivity contribution is 7.19. The number of primary amides is 1. The fourth-order valence-electron chi connectivity index (χ4n) is 1.96. The Morgan fingerprint density at radius 3 is 2.81 bits per heavy atom. The minimum Gasteiger partial charge on any atom is -0.396 e. The number of nitrogens with two attached hydrogens (primary N) is 2. The van der Waals surface area contributed by atoms with Crippen molar-refractivity contribution in [3.63, 3.8) is 0 Å². The highest BCUT2D eigenvalue weighted by Gasteiger charge is 2.22. The summed E-state index contributed by atoms with van der Waals surface area (Å²) in [4.78, 5) is 17.8. The summed E-state index contributed by atoms with van der Waals surface area (Å²) in [5.41, 5.74) is 12.5. The predicted octanol–water partition coefficient (Wildman–Crippen LogP) is 1.72. The van der Waals surface area contributed by atoms with Crippen molar-refractivity contribution in [1.82, 2.24) is 4.98 Å². The molecule has 4 N–H and O–H groups in total. The summed E-state index contributed by atoms with van der Waals surface area (Å²) in [6, 6.07) is 7.70. The first-order valence-electron chi connectivity index (χ1n) is 6.35. The Kier molecular flexibility index (Phi) is 4.40. The number of rotatable bonds is 5. The predicted molar refractivity (Wildman–Crippen MR) is 82.9 cm³/mol. The number of carbonyl (C=O) groups is 1. The molecule has 108 valence electrons. The van der Waals surface area contributed by atoms with Crippen LogP contribution >= 0.6 is 11.3 Å². The number of nitriles is 1. The van der Waals surface area contributed by atoms with E-state index < -0.39 is 5.91 Å². The zero-order chi connectivity index (χ0) is 15.4. The molecule has 0 unspecified atom stereocenters. The van der Waals surface area contributed by atoms with Gasteiger partial charge in [0.2, 0.25) is 0 Å². The van der Waals surface area contributed by atoms with Gasteiger partial charge in [-0.2, -0.15) is 5.26 Å². The maximum atomic E-state index is 11.4. The fourth-order valence-corrected chi connectivity index (χ4v) is 3.05. The van der Waals surface area contributed by atoms with Gasteiger partial charge in [0.15, 0.2) is 0 Å². The summed E-state index contributed by atoms with van der Waals surface area (Å²) in [7, 11) is 0. The molecule has 0 saturated carbocycles. The van der Waals surface area contributed by atoms with Gasteiger partial charge in [-0.3, -0.25) is 9.78 Å². The van der Waals surface area contributed by atoms with Crippen LogP contribution in [0.1, 0.15) is 27.9 Å². The molecular weight excluding hydrogens is 286 g/mol. The van der Waals surface area contributed by atoms with Crippen LogP contribution in [0.25, 0.3) is 0 Å². The first-order chi connectivity index (χ1) is 10.1. The lowest BCUT2D eigenvalue weighted by molar-refractivity contribution is 0.100. The molecule has 0 saturated heterocycles. The third-order valence-electron chi connectivity index (χ3n) is 3.01. The molecule has 0 spiro atoms. The van der Waals surface area contributed by atoms with E-state index >= 15 is 0 Å². The molecule has 2 rings (SSSR count). The average molecular weight is 301 g/mol. The van der Waals surface area contributed by atoms with Gasteiger partial charge in [-0.25, -0.2) is 0 Å². The maximum Gasteiger partial charge on any atom is 0.261 e. The summed E-state index contributed by atoms with van der Waals surface area (Å²) in [6.45, 7) is 3.15. The third kappa shape index (κ3) is 2.95. The van der Waals surface area contributed by atoms with E-state index in [1.165, 1.54) is 0 Å². The number of anilines is 2. The van der Waals surface area contributed by atoms with Gasteiger partial charge in [-0.05, 0) is 19.1 Å². The summed E-state index contributed by atoms with van der Waals surface area (Å²) in [5.74, 6) is -0.617. The Labute approximate surface area is 126 Å². The molecule has 6 nitrogen and oxygen atoms in total. The van der Waals surface area contributed by atoms with E-state index in [0.29, 0.717) is 23.7 Å². The van der Waals surface area contributed by atoms with E-state index in [-0.39, 0.29) is 10.6 Å². The Morgan fingerprint density at radius 1 is 1.52 bits per heavy atom. The van der Waals surface area contributed by atoms with Crippen molar-refractivity contribution >= 4 is 27.9 Å². The lowest BCUT2D eigenvalue weighted by atomic mass is 10.2. The van der Waals surface area contributed by atoms with Crippen molar-refractivity contribution in [2.45, 2.75) is 13.5 Å². The van der Waals surface area contributed by atoms with Crippen molar-refractivity contribution in [3.05, 3.63) is 40.5 Å². The first-order valence-corrected chi connectivity index (χ1v) is 7.17. The number of nitrogen functional groups attached to an aromatic ring is 1. The minimum absolute atomic E-state index is 0.157.